The number of amides is 2. The van der Waals surface area contributed by atoms with Crippen molar-refractivity contribution in [1.82, 2.24) is 14.9 Å². The fraction of sp³-hybridized carbons (Fsp3) is 0.280. The van der Waals surface area contributed by atoms with Gasteiger partial charge in [-0.3, -0.25) is 9.59 Å². The predicted octanol–water partition coefficient (Wildman–Crippen LogP) is 3.29. The molecule has 0 unspecified atom stereocenters. The molecule has 0 bridgehead atoms. The van der Waals surface area contributed by atoms with Crippen molar-refractivity contribution in [3.8, 4) is 16.9 Å². The molecule has 0 radical (unpaired) electrons. The Bertz CT molecular complexity index is 1180. The highest BCUT2D eigenvalue weighted by Gasteiger charge is 2.34. The van der Waals surface area contributed by atoms with E-state index >= 15 is 0 Å². The number of nitrogens with zero attached hydrogens (tertiary/aromatic N) is 4. The highest BCUT2D eigenvalue weighted by Crippen LogP contribution is 2.38. The molecule has 0 saturated carbocycles. The summed E-state index contributed by atoms with van der Waals surface area (Å²) in [6.45, 7) is 0.641. The van der Waals surface area contributed by atoms with Gasteiger partial charge in [0.1, 0.15) is 5.75 Å². The van der Waals surface area contributed by atoms with Crippen molar-refractivity contribution in [2.45, 2.75) is 18.9 Å². The minimum absolute atomic E-state index is 0.0589. The van der Waals surface area contributed by atoms with E-state index in [1.54, 1.807) is 37.6 Å². The van der Waals surface area contributed by atoms with E-state index in [0.717, 1.165) is 29.7 Å². The molecular weight excluding hydrogens is 418 g/mol. The Morgan fingerprint density at radius 1 is 1.12 bits per heavy atom. The van der Waals surface area contributed by atoms with Gasteiger partial charge in [-0.25, -0.2) is 9.97 Å². The summed E-state index contributed by atoms with van der Waals surface area (Å²) in [7, 11) is 5.35. The Labute approximate surface area is 193 Å². The fourth-order valence-electron chi connectivity index (χ4n) is 4.11. The summed E-state index contributed by atoms with van der Waals surface area (Å²) in [5.41, 5.74) is 8.88. The van der Waals surface area contributed by atoms with Gasteiger partial charge >= 0.3 is 0 Å². The number of hydrogen-bond acceptors (Lipinski definition) is 6. The average Bonchev–Trinajstić information content (AvgIpc) is 3.33. The van der Waals surface area contributed by atoms with Gasteiger partial charge in [0.15, 0.2) is 0 Å². The number of rotatable bonds is 6. The Kier molecular flexibility index (Phi) is 6.26. The molecule has 1 aromatic heterocycles. The van der Waals surface area contributed by atoms with Crippen LogP contribution in [0.5, 0.6) is 5.75 Å². The zero-order valence-corrected chi connectivity index (χ0v) is 19.0. The van der Waals surface area contributed by atoms with Crippen LogP contribution in [0.2, 0.25) is 0 Å². The maximum atomic E-state index is 13.5. The minimum atomic E-state index is -0.480. The van der Waals surface area contributed by atoms with Gasteiger partial charge in [-0.2, -0.15) is 0 Å². The zero-order chi connectivity index (χ0) is 23.5. The van der Waals surface area contributed by atoms with Gasteiger partial charge in [0.2, 0.25) is 11.9 Å². The first-order valence-corrected chi connectivity index (χ1v) is 10.8. The number of anilines is 1. The summed E-state index contributed by atoms with van der Waals surface area (Å²) < 4.78 is 5.29. The second kappa shape index (κ2) is 9.28. The van der Waals surface area contributed by atoms with Crippen molar-refractivity contribution in [1.29, 1.82) is 0 Å². The van der Waals surface area contributed by atoms with Gasteiger partial charge in [0.25, 0.3) is 5.91 Å². The maximum Gasteiger partial charge on any atom is 0.254 e. The summed E-state index contributed by atoms with van der Waals surface area (Å²) in [5.74, 6) is 0.676. The van der Waals surface area contributed by atoms with Crippen LogP contribution in [0.4, 0.5) is 5.95 Å². The van der Waals surface area contributed by atoms with E-state index in [1.807, 2.05) is 48.2 Å². The molecule has 0 aliphatic carbocycles. The standard InChI is InChI=1S/C25H27N5O3/c1-29(2)25-27-15-20(16-9-11-17(12-10-16)23(26)31)22(28-25)21-8-5-13-30(21)24(32)18-6-4-7-19(14-18)33-3/h4,6-7,9-12,14-15,21H,5,8,13H2,1-3H3,(H2,26,31)/t21-/m0/s1. The second-order valence-corrected chi connectivity index (χ2v) is 8.19. The minimum Gasteiger partial charge on any atom is -0.497 e. The maximum absolute atomic E-state index is 13.5. The first kappa shape index (κ1) is 22.3. The van der Waals surface area contributed by atoms with Gasteiger partial charge in [-0.05, 0) is 48.7 Å². The van der Waals surface area contributed by atoms with E-state index in [2.05, 4.69) is 4.98 Å². The van der Waals surface area contributed by atoms with Crippen LogP contribution in [0.1, 0.15) is 45.3 Å². The first-order chi connectivity index (χ1) is 15.9. The summed E-state index contributed by atoms with van der Waals surface area (Å²) in [5, 5.41) is 0. The normalized spacial score (nSPS) is 15.4. The molecule has 0 spiro atoms. The molecule has 1 aliphatic heterocycles. The van der Waals surface area contributed by atoms with Crippen LogP contribution in [0, 0.1) is 0 Å². The van der Waals surface area contributed by atoms with E-state index in [9.17, 15) is 9.59 Å². The molecule has 1 saturated heterocycles. The second-order valence-electron chi connectivity index (χ2n) is 8.19. The third kappa shape index (κ3) is 4.50. The lowest BCUT2D eigenvalue weighted by Gasteiger charge is -2.27. The molecule has 1 fully saturated rings. The van der Waals surface area contributed by atoms with Crippen LogP contribution < -0.4 is 15.4 Å². The molecule has 8 nitrogen and oxygen atoms in total. The largest absolute Gasteiger partial charge is 0.497 e. The van der Waals surface area contributed by atoms with Gasteiger partial charge in [0.05, 0.1) is 18.8 Å². The van der Waals surface area contributed by atoms with E-state index in [4.69, 9.17) is 15.5 Å². The number of methoxy groups -OCH3 is 1. The van der Waals surface area contributed by atoms with E-state index in [-0.39, 0.29) is 11.9 Å². The lowest BCUT2D eigenvalue weighted by Crippen LogP contribution is -2.31. The van der Waals surface area contributed by atoms with E-state index in [1.165, 1.54) is 0 Å². The molecule has 2 N–H and O–H groups in total. The number of hydrogen-bond donors (Lipinski definition) is 1. The molecule has 170 valence electrons. The number of aromatic nitrogens is 2. The van der Waals surface area contributed by atoms with E-state index < -0.39 is 5.91 Å². The molecular formula is C25H27N5O3. The van der Waals surface area contributed by atoms with E-state index in [0.29, 0.717) is 29.4 Å². The number of nitrogens with two attached hydrogens (primary N) is 1. The van der Waals surface area contributed by atoms with Crippen molar-refractivity contribution in [3.63, 3.8) is 0 Å². The molecule has 8 heteroatoms. The van der Waals surface area contributed by atoms with Crippen LogP contribution in [0.25, 0.3) is 11.1 Å². The van der Waals surface area contributed by atoms with Crippen LogP contribution in [0.3, 0.4) is 0 Å². The van der Waals surface area contributed by atoms with Crippen molar-refractivity contribution >= 4 is 17.8 Å². The quantitative estimate of drug-likeness (QED) is 0.625. The van der Waals surface area contributed by atoms with Crippen molar-refractivity contribution in [3.05, 3.63) is 71.5 Å². The third-order valence-electron chi connectivity index (χ3n) is 5.83. The molecule has 2 amide bonds. The van der Waals surface area contributed by atoms with Crippen molar-refractivity contribution < 1.29 is 14.3 Å². The fourth-order valence-corrected chi connectivity index (χ4v) is 4.11. The topological polar surface area (TPSA) is 102 Å². The molecule has 1 atom stereocenters. The van der Waals surface area contributed by atoms with Gasteiger partial charge < -0.3 is 20.3 Å². The Balaban J connectivity index is 1.76. The average molecular weight is 446 g/mol. The molecule has 4 rings (SSSR count). The molecule has 2 heterocycles. The lowest BCUT2D eigenvalue weighted by molar-refractivity contribution is 0.0732. The SMILES string of the molecule is COc1cccc(C(=O)N2CCC[C@H]2c2nc(N(C)C)ncc2-c2ccc(C(N)=O)cc2)c1. The molecule has 1 aliphatic rings. The Morgan fingerprint density at radius 2 is 1.88 bits per heavy atom. The third-order valence-corrected chi connectivity index (χ3v) is 5.83. The summed E-state index contributed by atoms with van der Waals surface area (Å²) >= 11 is 0. The molecule has 33 heavy (non-hydrogen) atoms. The predicted molar refractivity (Wildman–Crippen MR) is 126 cm³/mol. The number of primary amides is 1. The van der Waals surface area contributed by atoms with Crippen molar-refractivity contribution in [2.75, 3.05) is 32.6 Å². The number of carbonyl (C=O) groups is 2. The highest BCUT2D eigenvalue weighted by atomic mass is 16.5. The number of likely N-dealkylation sites (tertiary alicyclic amines) is 1. The molecule has 2 aromatic carbocycles. The summed E-state index contributed by atoms with van der Waals surface area (Å²) in [6, 6.07) is 14.0. The zero-order valence-electron chi connectivity index (χ0n) is 19.0. The monoisotopic (exact) mass is 445 g/mol. The summed E-state index contributed by atoms with van der Waals surface area (Å²) in [4.78, 5) is 38.0. The van der Waals surface area contributed by atoms with Gasteiger partial charge in [-0.1, -0.05) is 18.2 Å². The smallest absolute Gasteiger partial charge is 0.254 e. The Morgan fingerprint density at radius 3 is 2.55 bits per heavy atom. The number of carbonyl (C=O) groups excluding carboxylic acids is 2. The van der Waals surface area contributed by atoms with Crippen LogP contribution >= 0.6 is 0 Å². The highest BCUT2D eigenvalue weighted by molar-refractivity contribution is 5.95. The van der Waals surface area contributed by atoms with Gasteiger partial charge in [0, 0.05) is 43.5 Å². The van der Waals surface area contributed by atoms with Crippen LogP contribution in [-0.4, -0.2) is 54.4 Å². The van der Waals surface area contributed by atoms with Crippen LogP contribution in [-0.2, 0) is 0 Å². The Hall–Kier alpha value is -3.94. The van der Waals surface area contributed by atoms with Crippen LogP contribution in [0.15, 0.2) is 54.7 Å². The van der Waals surface area contributed by atoms with Gasteiger partial charge in [-0.15, -0.1) is 0 Å². The van der Waals surface area contributed by atoms with Crippen molar-refractivity contribution in [2.24, 2.45) is 5.73 Å². The lowest BCUT2D eigenvalue weighted by atomic mass is 9.98. The number of ether oxygens (including phenoxy) is 1. The number of benzene rings is 2. The first-order valence-electron chi connectivity index (χ1n) is 10.8. The summed E-state index contributed by atoms with van der Waals surface area (Å²) in [6.07, 6.45) is 3.46. The molecule has 3 aromatic rings.